The molecule has 1 saturated carbocycles. The molecule has 6 atom stereocenters. The number of aliphatic hydroxyl groups is 5. The zero-order valence-corrected chi connectivity index (χ0v) is 40.8. The normalized spacial score (nSPS) is 22.5. The van der Waals surface area contributed by atoms with Crippen LogP contribution in [-0.2, 0) is 27.9 Å². The third-order valence-corrected chi connectivity index (χ3v) is 11.3. The van der Waals surface area contributed by atoms with Crippen LogP contribution in [0.2, 0.25) is 0 Å². The second-order valence-electron chi connectivity index (χ2n) is 16.2. The lowest BCUT2D eigenvalue weighted by Gasteiger charge is -2.41. The molecule has 0 spiro atoms. The molecule has 13 heteroatoms. The zero-order chi connectivity index (χ0) is 48.4. The van der Waals surface area contributed by atoms with Gasteiger partial charge in [-0.15, -0.1) is 0 Å². The number of hydrogen-bond acceptors (Lipinski definition) is 11. The van der Waals surface area contributed by atoms with Gasteiger partial charge in [-0.3, -0.25) is 13.8 Å². The SMILES string of the molecule is CC/C=C\C/C=C\C/C=C\C/C=C\C/C=C\C/C=C\CCCCCCCOCC(COP(=O)(O)OC1C(O)C(O)C(O)C(O)C1O)OC(=O)CCCC/C=C\C/C=C\C/C=C\C/C=C\CC. The number of hydrogen-bond donors (Lipinski definition) is 6. The van der Waals surface area contributed by atoms with Crippen molar-refractivity contribution in [2.24, 2.45) is 0 Å². The highest BCUT2D eigenvalue weighted by atomic mass is 31.2. The van der Waals surface area contributed by atoms with Crippen molar-refractivity contribution in [3.8, 4) is 0 Å². The Labute approximate surface area is 397 Å². The lowest BCUT2D eigenvalue weighted by atomic mass is 9.85. The van der Waals surface area contributed by atoms with Crippen molar-refractivity contribution >= 4 is 13.8 Å². The average molecular weight is 945 g/mol. The van der Waals surface area contributed by atoms with Crippen LogP contribution in [-0.4, -0.2) is 98.9 Å². The lowest BCUT2D eigenvalue weighted by molar-refractivity contribution is -0.220. The van der Waals surface area contributed by atoms with Crippen LogP contribution >= 0.6 is 7.82 Å². The predicted molar refractivity (Wildman–Crippen MR) is 266 cm³/mol. The molecule has 374 valence electrons. The van der Waals surface area contributed by atoms with Gasteiger partial charge in [0.15, 0.2) is 0 Å². The fraction of sp³-hybridized carbons (Fsp3) is 0.604. The van der Waals surface area contributed by atoms with E-state index in [4.69, 9.17) is 18.5 Å². The van der Waals surface area contributed by atoms with Crippen LogP contribution in [0, 0.1) is 0 Å². The van der Waals surface area contributed by atoms with Crippen LogP contribution in [0.1, 0.15) is 142 Å². The Kier molecular flexibility index (Phi) is 38.6. The summed E-state index contributed by atoms with van der Waals surface area (Å²) in [5.74, 6) is -0.531. The largest absolute Gasteiger partial charge is 0.472 e. The summed E-state index contributed by atoms with van der Waals surface area (Å²) >= 11 is 0. The van der Waals surface area contributed by atoms with E-state index in [0.717, 1.165) is 116 Å². The van der Waals surface area contributed by atoms with Crippen molar-refractivity contribution in [1.82, 2.24) is 0 Å². The van der Waals surface area contributed by atoms with E-state index in [1.807, 2.05) is 0 Å². The van der Waals surface area contributed by atoms with Crippen molar-refractivity contribution in [2.75, 3.05) is 19.8 Å². The first kappa shape index (κ1) is 60.8. The fourth-order valence-corrected chi connectivity index (χ4v) is 7.50. The zero-order valence-electron chi connectivity index (χ0n) is 39.9. The Hall–Kier alpha value is -3.26. The van der Waals surface area contributed by atoms with Crippen LogP contribution in [0.3, 0.4) is 0 Å². The summed E-state index contributed by atoms with van der Waals surface area (Å²) in [7, 11) is -5.05. The number of esters is 1. The number of rotatable bonds is 39. The Bertz CT molecular complexity index is 1540. The molecule has 1 rings (SSSR count). The summed E-state index contributed by atoms with van der Waals surface area (Å²) in [5, 5.41) is 50.2. The molecular weight excluding hydrogens is 860 g/mol. The quantitative estimate of drug-likeness (QED) is 0.0148. The molecule has 0 bridgehead atoms. The molecule has 0 radical (unpaired) electrons. The number of carbonyl (C=O) groups is 1. The topological polar surface area (TPSA) is 192 Å². The van der Waals surface area contributed by atoms with Gasteiger partial charge in [0.25, 0.3) is 0 Å². The van der Waals surface area contributed by atoms with Gasteiger partial charge >= 0.3 is 13.8 Å². The van der Waals surface area contributed by atoms with E-state index in [1.54, 1.807) is 0 Å². The van der Waals surface area contributed by atoms with E-state index in [0.29, 0.717) is 13.0 Å². The lowest BCUT2D eigenvalue weighted by Crippen LogP contribution is -2.64. The van der Waals surface area contributed by atoms with Crippen LogP contribution < -0.4 is 0 Å². The Morgan fingerprint density at radius 2 is 0.848 bits per heavy atom. The maximum absolute atomic E-state index is 12.8. The molecule has 0 aromatic carbocycles. The molecular formula is C53H85O12P. The van der Waals surface area contributed by atoms with Gasteiger partial charge in [-0.25, -0.2) is 4.57 Å². The monoisotopic (exact) mass is 945 g/mol. The summed E-state index contributed by atoms with van der Waals surface area (Å²) in [4.78, 5) is 23.2. The van der Waals surface area contributed by atoms with Gasteiger partial charge in [0.2, 0.25) is 0 Å². The molecule has 0 heterocycles. The predicted octanol–water partition coefficient (Wildman–Crippen LogP) is 10.6. The van der Waals surface area contributed by atoms with Crippen LogP contribution in [0.25, 0.3) is 0 Å². The average Bonchev–Trinajstić information content (AvgIpc) is 3.30. The van der Waals surface area contributed by atoms with Crippen molar-refractivity contribution in [1.29, 1.82) is 0 Å². The minimum absolute atomic E-state index is 0.116. The highest BCUT2D eigenvalue weighted by Crippen LogP contribution is 2.47. The van der Waals surface area contributed by atoms with Gasteiger partial charge in [0.1, 0.15) is 42.7 Å². The summed E-state index contributed by atoms with van der Waals surface area (Å²) in [5.41, 5.74) is 0. The van der Waals surface area contributed by atoms with Crippen molar-refractivity contribution in [2.45, 2.75) is 185 Å². The van der Waals surface area contributed by atoms with Crippen LogP contribution in [0.5, 0.6) is 0 Å². The Morgan fingerprint density at radius 1 is 0.485 bits per heavy atom. The molecule has 0 saturated heterocycles. The van der Waals surface area contributed by atoms with E-state index < -0.39 is 63.1 Å². The molecule has 12 nitrogen and oxygen atoms in total. The minimum Gasteiger partial charge on any atom is -0.457 e. The number of carbonyl (C=O) groups excluding carboxylic acids is 1. The van der Waals surface area contributed by atoms with E-state index in [1.165, 1.54) is 0 Å². The number of allylic oxidation sites excluding steroid dienone is 20. The van der Waals surface area contributed by atoms with Crippen molar-refractivity contribution in [3.05, 3.63) is 122 Å². The van der Waals surface area contributed by atoms with Crippen molar-refractivity contribution in [3.63, 3.8) is 0 Å². The first-order valence-electron chi connectivity index (χ1n) is 24.4. The van der Waals surface area contributed by atoms with Crippen molar-refractivity contribution < 1.29 is 58.3 Å². The molecule has 6 unspecified atom stereocenters. The molecule has 6 N–H and O–H groups in total. The van der Waals surface area contributed by atoms with Gasteiger partial charge in [-0.05, 0) is 103 Å². The first-order valence-corrected chi connectivity index (χ1v) is 25.9. The maximum atomic E-state index is 12.8. The first-order chi connectivity index (χ1) is 32.0. The maximum Gasteiger partial charge on any atom is 0.472 e. The minimum atomic E-state index is -5.05. The van der Waals surface area contributed by atoms with Gasteiger partial charge in [0, 0.05) is 13.0 Å². The highest BCUT2D eigenvalue weighted by Gasteiger charge is 2.51. The van der Waals surface area contributed by atoms with Crippen LogP contribution in [0.4, 0.5) is 0 Å². The molecule has 1 aliphatic rings. The van der Waals surface area contributed by atoms with Gasteiger partial charge in [-0.2, -0.15) is 0 Å². The van der Waals surface area contributed by atoms with E-state index >= 15 is 0 Å². The van der Waals surface area contributed by atoms with Crippen LogP contribution in [0.15, 0.2) is 122 Å². The molecule has 0 aromatic rings. The molecule has 0 aliphatic heterocycles. The smallest absolute Gasteiger partial charge is 0.457 e. The fourth-order valence-electron chi connectivity index (χ4n) is 6.52. The second kappa shape index (κ2) is 41.9. The number of phosphoric ester groups is 1. The van der Waals surface area contributed by atoms with E-state index in [-0.39, 0.29) is 13.0 Å². The van der Waals surface area contributed by atoms with Gasteiger partial charge in [-0.1, -0.05) is 155 Å². The number of ether oxygens (including phenoxy) is 2. The third kappa shape index (κ3) is 33.3. The summed E-state index contributed by atoms with van der Waals surface area (Å²) < 4.78 is 34.2. The molecule has 66 heavy (non-hydrogen) atoms. The number of aliphatic hydroxyl groups excluding tert-OH is 5. The third-order valence-electron chi connectivity index (χ3n) is 10.3. The molecule has 0 aromatic heterocycles. The van der Waals surface area contributed by atoms with E-state index in [9.17, 15) is 39.8 Å². The summed E-state index contributed by atoms with van der Waals surface area (Å²) in [6, 6.07) is 0. The van der Waals surface area contributed by atoms with Gasteiger partial charge < -0.3 is 39.9 Å². The highest BCUT2D eigenvalue weighted by molar-refractivity contribution is 7.47. The summed E-state index contributed by atoms with van der Waals surface area (Å²) in [6.45, 7) is 3.91. The number of phosphoric acid groups is 1. The second-order valence-corrected chi connectivity index (χ2v) is 17.6. The standard InChI is InChI=1S/C53H85O12P/c1-3-5-7-9-11-13-15-17-19-20-21-22-23-24-25-26-27-29-31-33-35-37-39-41-43-62-44-46(45-63-66(60,61)65-53-51(58)49(56)48(55)50(57)52(53)59)64-47(54)42-40-38-36-34-32-30-28-18-16-14-12-10-8-6-4-2/h5-8,11-14,17-19,21-22,24-25,27-29,32,34,46,48-53,55-59H,3-4,9-10,15-16,20,23,26,30-31,33,35-45H2,1-2H3,(H,60,61)/b7-5-,8-6-,13-11-,14-12-,19-17-,22-21-,25-24-,28-18-,29-27-,34-32-. The Morgan fingerprint density at radius 3 is 1.29 bits per heavy atom. The molecule has 0 amide bonds. The Balaban J connectivity index is 2.41. The molecule has 1 aliphatic carbocycles. The van der Waals surface area contributed by atoms with E-state index in [2.05, 4.69) is 135 Å². The molecule has 1 fully saturated rings. The number of unbranched alkanes of at least 4 members (excludes halogenated alkanes) is 7. The summed E-state index contributed by atoms with van der Waals surface area (Å²) in [6.07, 6.45) is 48.4. The van der Waals surface area contributed by atoms with Gasteiger partial charge in [0.05, 0.1) is 13.2 Å².